The van der Waals surface area contributed by atoms with Crippen LogP contribution in [0.25, 0.3) is 0 Å². The minimum Gasteiger partial charge on any atom is -0.371 e. The quantitative estimate of drug-likeness (QED) is 0.810. The van der Waals surface area contributed by atoms with Crippen molar-refractivity contribution in [2.75, 3.05) is 32.8 Å². The van der Waals surface area contributed by atoms with Crippen molar-refractivity contribution < 1.29 is 4.74 Å². The second-order valence-electron chi connectivity index (χ2n) is 5.54. The fraction of sp³-hybridized carbons (Fsp3) is 0.667. The fourth-order valence-corrected chi connectivity index (χ4v) is 2.27. The Bertz CT molecular complexity index is 404. The molecule has 0 bridgehead atoms. The number of hydrogen-bond donors (Lipinski definition) is 1. The Balaban J connectivity index is 1.76. The highest BCUT2D eigenvalue weighted by Gasteiger charge is 2.32. The molecule has 0 radical (unpaired) electrons. The van der Waals surface area contributed by atoms with Crippen LogP contribution in [0.15, 0.2) is 18.2 Å². The molecule has 2 heterocycles. The number of aromatic nitrogens is 1. The molecular weight excluding hydrogens is 238 g/mol. The van der Waals surface area contributed by atoms with Crippen LogP contribution in [0.2, 0.25) is 0 Å². The lowest BCUT2D eigenvalue weighted by atomic mass is 10.0. The number of likely N-dealkylation sites (N-methyl/N-ethyl adjacent to an activating group) is 1. The molecule has 1 aromatic heterocycles. The van der Waals surface area contributed by atoms with Gasteiger partial charge in [0.2, 0.25) is 0 Å². The number of pyridine rings is 1. The fourth-order valence-electron chi connectivity index (χ4n) is 2.27. The van der Waals surface area contributed by atoms with Crippen molar-refractivity contribution in [3.8, 4) is 0 Å². The summed E-state index contributed by atoms with van der Waals surface area (Å²) in [5.41, 5.74) is 2.28. The molecule has 0 atom stereocenters. The molecule has 0 unspecified atom stereocenters. The Labute approximate surface area is 116 Å². The van der Waals surface area contributed by atoms with Crippen LogP contribution in [0.1, 0.15) is 25.2 Å². The molecule has 1 N–H and O–H groups in total. The Kier molecular flexibility index (Phi) is 4.91. The van der Waals surface area contributed by atoms with Gasteiger partial charge < -0.3 is 10.1 Å². The van der Waals surface area contributed by atoms with E-state index in [9.17, 15) is 0 Å². The van der Waals surface area contributed by atoms with E-state index >= 15 is 0 Å². The number of ether oxygens (including phenoxy) is 1. The summed E-state index contributed by atoms with van der Waals surface area (Å²) in [5, 5.41) is 3.25. The van der Waals surface area contributed by atoms with Crippen LogP contribution >= 0.6 is 0 Å². The summed E-state index contributed by atoms with van der Waals surface area (Å²) >= 11 is 0. The molecule has 19 heavy (non-hydrogen) atoms. The maximum atomic E-state index is 5.93. The van der Waals surface area contributed by atoms with Crippen LogP contribution in [0.4, 0.5) is 0 Å². The first-order valence-corrected chi connectivity index (χ1v) is 7.11. The molecule has 2 rings (SSSR count). The van der Waals surface area contributed by atoms with Crippen LogP contribution in [0.3, 0.4) is 0 Å². The van der Waals surface area contributed by atoms with E-state index in [0.717, 1.165) is 50.7 Å². The van der Waals surface area contributed by atoms with Gasteiger partial charge in [-0.1, -0.05) is 13.0 Å². The maximum Gasteiger partial charge on any atom is 0.0902 e. The molecule has 0 saturated carbocycles. The van der Waals surface area contributed by atoms with Gasteiger partial charge in [0.15, 0.2) is 0 Å². The van der Waals surface area contributed by atoms with E-state index in [-0.39, 0.29) is 5.60 Å². The first kappa shape index (κ1) is 14.4. The van der Waals surface area contributed by atoms with Crippen molar-refractivity contribution in [2.24, 2.45) is 0 Å². The topological polar surface area (TPSA) is 37.4 Å². The van der Waals surface area contributed by atoms with Crippen LogP contribution in [0, 0.1) is 6.92 Å². The summed E-state index contributed by atoms with van der Waals surface area (Å²) in [7, 11) is 0. The van der Waals surface area contributed by atoms with Gasteiger partial charge in [0.1, 0.15) is 0 Å². The molecule has 0 amide bonds. The number of rotatable bonds is 7. The van der Waals surface area contributed by atoms with E-state index < -0.39 is 0 Å². The third-order valence-corrected chi connectivity index (χ3v) is 3.63. The van der Waals surface area contributed by atoms with Gasteiger partial charge in [0.05, 0.1) is 17.9 Å². The minimum absolute atomic E-state index is 0.0565. The molecule has 1 aliphatic heterocycles. The molecule has 0 aromatic carbocycles. The average molecular weight is 263 g/mol. The van der Waals surface area contributed by atoms with Crippen molar-refractivity contribution in [2.45, 2.75) is 32.9 Å². The smallest absolute Gasteiger partial charge is 0.0902 e. The van der Waals surface area contributed by atoms with E-state index in [2.05, 4.69) is 41.2 Å². The van der Waals surface area contributed by atoms with Gasteiger partial charge in [-0.3, -0.25) is 9.88 Å². The van der Waals surface area contributed by atoms with Crippen molar-refractivity contribution in [3.63, 3.8) is 0 Å². The molecule has 1 fully saturated rings. The first-order chi connectivity index (χ1) is 9.11. The van der Waals surface area contributed by atoms with E-state index in [1.165, 1.54) is 0 Å². The predicted octanol–water partition coefficient (Wildman–Crippen LogP) is 1.59. The van der Waals surface area contributed by atoms with Crippen molar-refractivity contribution in [1.29, 1.82) is 0 Å². The monoisotopic (exact) mass is 263 g/mol. The molecule has 4 heteroatoms. The highest BCUT2D eigenvalue weighted by Crippen LogP contribution is 2.15. The lowest BCUT2D eigenvalue weighted by Gasteiger charge is -2.39. The molecule has 1 aromatic rings. The Hall–Kier alpha value is -0.970. The standard InChI is InChI=1S/C15H25N3O/c1-4-18(8-9-19-15(3)11-16-12-15)10-14-7-5-6-13(2)17-14/h5-7,16H,4,8-12H2,1-3H3. The van der Waals surface area contributed by atoms with Crippen LogP contribution in [-0.4, -0.2) is 48.3 Å². The number of nitrogens with one attached hydrogen (secondary N) is 1. The largest absolute Gasteiger partial charge is 0.371 e. The second kappa shape index (κ2) is 6.46. The van der Waals surface area contributed by atoms with Gasteiger partial charge in [0.25, 0.3) is 0 Å². The number of hydrogen-bond acceptors (Lipinski definition) is 4. The lowest BCUT2D eigenvalue weighted by Crippen LogP contribution is -2.59. The molecule has 0 aliphatic carbocycles. The summed E-state index contributed by atoms with van der Waals surface area (Å²) in [5.74, 6) is 0. The van der Waals surface area contributed by atoms with Crippen molar-refractivity contribution in [3.05, 3.63) is 29.6 Å². The van der Waals surface area contributed by atoms with Gasteiger partial charge in [-0.2, -0.15) is 0 Å². The van der Waals surface area contributed by atoms with E-state index in [4.69, 9.17) is 4.74 Å². The summed E-state index contributed by atoms with van der Waals surface area (Å²) in [4.78, 5) is 6.92. The normalized spacial score (nSPS) is 17.5. The van der Waals surface area contributed by atoms with E-state index in [1.807, 2.05) is 13.0 Å². The summed E-state index contributed by atoms with van der Waals surface area (Å²) < 4.78 is 5.93. The number of aryl methyl sites for hydroxylation is 1. The zero-order valence-electron chi connectivity index (χ0n) is 12.3. The zero-order valence-corrected chi connectivity index (χ0v) is 12.3. The molecule has 1 aliphatic rings. The van der Waals surface area contributed by atoms with Crippen molar-refractivity contribution >= 4 is 0 Å². The van der Waals surface area contributed by atoms with Crippen LogP contribution in [-0.2, 0) is 11.3 Å². The maximum absolute atomic E-state index is 5.93. The third-order valence-electron chi connectivity index (χ3n) is 3.63. The zero-order chi connectivity index (χ0) is 13.7. The van der Waals surface area contributed by atoms with E-state index in [1.54, 1.807) is 0 Å². The van der Waals surface area contributed by atoms with Crippen molar-refractivity contribution in [1.82, 2.24) is 15.2 Å². The first-order valence-electron chi connectivity index (χ1n) is 7.11. The van der Waals surface area contributed by atoms with Crippen LogP contribution in [0.5, 0.6) is 0 Å². The summed E-state index contributed by atoms with van der Waals surface area (Å²) in [6, 6.07) is 6.20. The molecule has 4 nitrogen and oxygen atoms in total. The molecular formula is C15H25N3O. The Morgan fingerprint density at radius 3 is 2.79 bits per heavy atom. The predicted molar refractivity (Wildman–Crippen MR) is 77.2 cm³/mol. The lowest BCUT2D eigenvalue weighted by molar-refractivity contribution is -0.0724. The van der Waals surface area contributed by atoms with Gasteiger partial charge in [-0.15, -0.1) is 0 Å². The average Bonchev–Trinajstić information content (AvgIpc) is 2.35. The second-order valence-corrected chi connectivity index (χ2v) is 5.54. The molecule has 1 saturated heterocycles. The summed E-state index contributed by atoms with van der Waals surface area (Å²) in [6.45, 7) is 12.0. The van der Waals surface area contributed by atoms with Gasteiger partial charge in [0, 0.05) is 31.9 Å². The Morgan fingerprint density at radius 2 is 2.21 bits per heavy atom. The Morgan fingerprint density at radius 1 is 1.42 bits per heavy atom. The third kappa shape index (κ3) is 4.27. The molecule has 0 spiro atoms. The SMILES string of the molecule is CCN(CCOC1(C)CNC1)Cc1cccc(C)n1. The van der Waals surface area contributed by atoms with Gasteiger partial charge in [-0.05, 0) is 32.5 Å². The molecule has 106 valence electrons. The van der Waals surface area contributed by atoms with Gasteiger partial charge >= 0.3 is 0 Å². The number of nitrogens with zero attached hydrogens (tertiary/aromatic N) is 2. The highest BCUT2D eigenvalue weighted by atomic mass is 16.5. The van der Waals surface area contributed by atoms with Gasteiger partial charge in [-0.25, -0.2) is 0 Å². The summed E-state index contributed by atoms with van der Waals surface area (Å²) in [6.07, 6.45) is 0. The van der Waals surface area contributed by atoms with Crippen LogP contribution < -0.4 is 5.32 Å². The van der Waals surface area contributed by atoms with E-state index in [0.29, 0.717) is 0 Å². The highest BCUT2D eigenvalue weighted by molar-refractivity contribution is 5.09. The minimum atomic E-state index is 0.0565.